The average Bonchev–Trinajstić information content (AvgIpc) is 1.84. The number of carbonyl (C=O) groups is 2. The molecule has 5 heteroatoms. The van der Waals surface area contributed by atoms with E-state index in [1.807, 2.05) is 0 Å². The maximum Gasteiger partial charge on any atom is 0.342 e. The Balaban J connectivity index is 4.67. The van der Waals surface area contributed by atoms with Crippen molar-refractivity contribution in [2.45, 2.75) is 6.92 Å². The van der Waals surface area contributed by atoms with Crippen LogP contribution in [0.4, 0.5) is 0 Å². The van der Waals surface area contributed by atoms with E-state index in [1.165, 1.54) is 6.92 Å². The summed E-state index contributed by atoms with van der Waals surface area (Å²) in [7, 11) is 0. The zero-order valence-electron chi connectivity index (χ0n) is 5.16. The smallest absolute Gasteiger partial charge is 0.342 e. The van der Waals surface area contributed by atoms with Gasteiger partial charge in [-0.25, -0.2) is 9.59 Å². The minimum atomic E-state index is -1.33. The van der Waals surface area contributed by atoms with Crippen LogP contribution in [0.15, 0.2) is 10.5 Å². The van der Waals surface area contributed by atoms with Gasteiger partial charge in [-0.3, -0.25) is 0 Å². The van der Waals surface area contributed by atoms with Crippen molar-refractivity contribution in [2.24, 2.45) is 0 Å². The summed E-state index contributed by atoms with van der Waals surface area (Å²) in [6.07, 6.45) is 0. The first-order valence-corrected chi connectivity index (χ1v) is 2.78. The fraction of sp³-hybridized carbons (Fsp3) is 0.200. The lowest BCUT2D eigenvalue weighted by Gasteiger charge is -1.94. The van der Waals surface area contributed by atoms with Crippen LogP contribution in [-0.2, 0) is 9.59 Å². The maximum absolute atomic E-state index is 10.1. The molecule has 56 valence electrons. The molecular formula is C5H6O4S. The van der Waals surface area contributed by atoms with Crippen LogP contribution in [0.2, 0.25) is 0 Å². The van der Waals surface area contributed by atoms with Gasteiger partial charge in [-0.1, -0.05) is 0 Å². The molecule has 0 aromatic rings. The highest BCUT2D eigenvalue weighted by Gasteiger charge is 2.11. The molecule has 0 aliphatic rings. The van der Waals surface area contributed by atoms with Gasteiger partial charge in [-0.2, -0.15) is 0 Å². The molecule has 0 bridgehead atoms. The number of thiol groups is 1. The van der Waals surface area contributed by atoms with Crippen molar-refractivity contribution in [3.63, 3.8) is 0 Å². The second-order valence-electron chi connectivity index (χ2n) is 1.58. The number of aliphatic carboxylic acids is 2. The summed E-state index contributed by atoms with van der Waals surface area (Å²) in [4.78, 5) is 19.7. The fourth-order valence-electron chi connectivity index (χ4n) is 0.262. The average molecular weight is 162 g/mol. The monoisotopic (exact) mass is 162 g/mol. The van der Waals surface area contributed by atoms with E-state index in [2.05, 4.69) is 12.6 Å². The quantitative estimate of drug-likeness (QED) is 0.405. The second kappa shape index (κ2) is 3.26. The molecule has 0 rings (SSSR count). The Hall–Kier alpha value is -0.970. The van der Waals surface area contributed by atoms with Gasteiger partial charge in [0, 0.05) is 0 Å². The molecule has 0 aromatic carbocycles. The maximum atomic E-state index is 10.1. The van der Waals surface area contributed by atoms with Gasteiger partial charge in [-0.05, 0) is 6.92 Å². The molecule has 10 heavy (non-hydrogen) atoms. The van der Waals surface area contributed by atoms with Crippen LogP contribution in [0.5, 0.6) is 0 Å². The molecule has 0 radical (unpaired) electrons. The second-order valence-corrected chi connectivity index (χ2v) is 2.03. The molecule has 0 atom stereocenters. The highest BCUT2D eigenvalue weighted by molar-refractivity contribution is 7.85. The topological polar surface area (TPSA) is 74.6 Å². The third-order valence-electron chi connectivity index (χ3n) is 0.879. The van der Waals surface area contributed by atoms with Crippen molar-refractivity contribution >= 4 is 24.6 Å². The summed E-state index contributed by atoms with van der Waals surface area (Å²) in [6.45, 7) is 1.18. The molecule has 0 aliphatic carbocycles. The third kappa shape index (κ3) is 2.10. The Morgan fingerprint density at radius 3 is 1.70 bits per heavy atom. The summed E-state index contributed by atoms with van der Waals surface area (Å²) in [5.41, 5.74) is -0.268. The zero-order valence-corrected chi connectivity index (χ0v) is 6.05. The summed E-state index contributed by atoms with van der Waals surface area (Å²) in [5, 5.41) is 16.4. The van der Waals surface area contributed by atoms with Gasteiger partial charge in [0.05, 0.1) is 10.5 Å². The first-order valence-electron chi connectivity index (χ1n) is 2.33. The minimum absolute atomic E-state index is 0.268. The van der Waals surface area contributed by atoms with E-state index in [-0.39, 0.29) is 5.57 Å². The Kier molecular flexibility index (Phi) is 2.95. The predicted molar refractivity (Wildman–Crippen MR) is 37.0 cm³/mol. The molecule has 0 heterocycles. The Labute approximate surface area is 62.6 Å². The fourth-order valence-corrected chi connectivity index (χ4v) is 0.357. The van der Waals surface area contributed by atoms with Gasteiger partial charge < -0.3 is 10.2 Å². The predicted octanol–water partition coefficient (Wildman–Crippen LogP) is 0.359. The van der Waals surface area contributed by atoms with Gasteiger partial charge in [-0.15, -0.1) is 12.6 Å². The normalized spacial score (nSPS) is 12.2. The Bertz CT molecular complexity index is 184. The van der Waals surface area contributed by atoms with E-state index in [1.54, 1.807) is 0 Å². The van der Waals surface area contributed by atoms with E-state index in [0.29, 0.717) is 0 Å². The van der Waals surface area contributed by atoms with Crippen molar-refractivity contribution < 1.29 is 19.8 Å². The van der Waals surface area contributed by atoms with Gasteiger partial charge in [0.25, 0.3) is 0 Å². The van der Waals surface area contributed by atoms with Gasteiger partial charge in [0.15, 0.2) is 0 Å². The lowest BCUT2D eigenvalue weighted by Crippen LogP contribution is -2.04. The first kappa shape index (κ1) is 9.03. The minimum Gasteiger partial charge on any atom is -0.478 e. The van der Waals surface area contributed by atoms with E-state index in [9.17, 15) is 9.59 Å². The first-order chi connectivity index (χ1) is 4.46. The van der Waals surface area contributed by atoms with Crippen molar-refractivity contribution in [1.29, 1.82) is 0 Å². The number of carboxylic acids is 2. The third-order valence-corrected chi connectivity index (χ3v) is 1.41. The molecule has 0 aliphatic heterocycles. The van der Waals surface area contributed by atoms with Crippen LogP contribution in [0.3, 0.4) is 0 Å². The molecule has 0 saturated carbocycles. The number of hydrogen-bond donors (Lipinski definition) is 3. The number of hydrogen-bond acceptors (Lipinski definition) is 3. The lowest BCUT2D eigenvalue weighted by atomic mass is 10.3. The van der Waals surface area contributed by atoms with Crippen LogP contribution < -0.4 is 0 Å². The number of rotatable bonds is 2. The number of carboxylic acid groups (broad SMARTS) is 2. The lowest BCUT2D eigenvalue weighted by molar-refractivity contribution is -0.135. The van der Waals surface area contributed by atoms with Crippen molar-refractivity contribution in [2.75, 3.05) is 0 Å². The molecule has 2 N–H and O–H groups in total. The highest BCUT2D eigenvalue weighted by atomic mass is 32.1. The zero-order chi connectivity index (χ0) is 8.31. The molecule has 0 aromatic heterocycles. The van der Waals surface area contributed by atoms with Crippen LogP contribution in [0.25, 0.3) is 0 Å². The summed E-state index contributed by atoms with van der Waals surface area (Å²) in [5.74, 6) is -2.60. The van der Waals surface area contributed by atoms with E-state index in [0.717, 1.165) is 0 Å². The molecule has 0 saturated heterocycles. The highest BCUT2D eigenvalue weighted by Crippen LogP contribution is 2.07. The van der Waals surface area contributed by atoms with Crippen LogP contribution >= 0.6 is 12.6 Å². The summed E-state index contributed by atoms with van der Waals surface area (Å²) in [6, 6.07) is 0. The SMILES string of the molecule is CC(C(=O)O)=C(S)C(=O)O. The summed E-state index contributed by atoms with van der Waals surface area (Å²) >= 11 is 3.46. The van der Waals surface area contributed by atoms with Crippen LogP contribution in [0, 0.1) is 0 Å². The van der Waals surface area contributed by atoms with E-state index in [4.69, 9.17) is 10.2 Å². The largest absolute Gasteiger partial charge is 0.478 e. The van der Waals surface area contributed by atoms with Gasteiger partial charge >= 0.3 is 11.9 Å². The van der Waals surface area contributed by atoms with Crippen LogP contribution in [-0.4, -0.2) is 22.2 Å². The molecule has 0 amide bonds. The van der Waals surface area contributed by atoms with E-state index >= 15 is 0 Å². The molecule has 4 nitrogen and oxygen atoms in total. The molecule has 0 unspecified atom stereocenters. The van der Waals surface area contributed by atoms with Gasteiger partial charge in [0.2, 0.25) is 0 Å². The van der Waals surface area contributed by atoms with Crippen LogP contribution in [0.1, 0.15) is 6.92 Å². The molecule has 0 spiro atoms. The summed E-state index contributed by atoms with van der Waals surface area (Å²) < 4.78 is 0. The van der Waals surface area contributed by atoms with E-state index < -0.39 is 16.8 Å². The Morgan fingerprint density at radius 2 is 1.60 bits per heavy atom. The van der Waals surface area contributed by atoms with Gasteiger partial charge in [0.1, 0.15) is 0 Å². The molecular weight excluding hydrogens is 156 g/mol. The van der Waals surface area contributed by atoms with Crippen molar-refractivity contribution in [1.82, 2.24) is 0 Å². The standard InChI is InChI=1S/C5H6O4S/c1-2(4(6)7)3(10)5(8)9/h10H,1H3,(H,6,7)(H,8,9). The van der Waals surface area contributed by atoms with Crippen molar-refractivity contribution in [3.05, 3.63) is 10.5 Å². The Morgan fingerprint density at radius 1 is 1.20 bits per heavy atom. The van der Waals surface area contributed by atoms with Crippen molar-refractivity contribution in [3.8, 4) is 0 Å². The molecule has 0 fully saturated rings.